The highest BCUT2D eigenvalue weighted by Gasteiger charge is 2.22. The molecular weight excluding hydrogens is 301 g/mol. The van der Waals surface area contributed by atoms with Crippen molar-refractivity contribution >= 4 is 11.6 Å². The number of carbonyl (C=O) groups is 1. The minimum absolute atomic E-state index is 0.0697. The van der Waals surface area contributed by atoms with Gasteiger partial charge in [-0.05, 0) is 44.9 Å². The molecule has 2 aromatic rings. The van der Waals surface area contributed by atoms with E-state index in [1.54, 1.807) is 13.0 Å². The number of esters is 1. The molecule has 1 N–H and O–H groups in total. The molecule has 0 bridgehead atoms. The molecule has 0 amide bonds. The summed E-state index contributed by atoms with van der Waals surface area (Å²) in [7, 11) is 0. The Balaban J connectivity index is 1.81. The normalized spacial score (nSPS) is 21.5. The molecule has 7 heteroatoms. The largest absolute Gasteiger partial charge is 0.493 e. The molecule has 1 fully saturated rings. The number of ether oxygens (including phenoxy) is 1. The van der Waals surface area contributed by atoms with Gasteiger partial charge in [0, 0.05) is 17.8 Å². The van der Waals surface area contributed by atoms with Gasteiger partial charge in [-0.25, -0.2) is 14.2 Å². The third-order valence-electron chi connectivity index (χ3n) is 4.22. The van der Waals surface area contributed by atoms with E-state index in [1.807, 2.05) is 0 Å². The van der Waals surface area contributed by atoms with Crippen LogP contribution in [0, 0.1) is 5.92 Å². The topological polar surface area (TPSA) is 76.7 Å². The molecule has 0 aliphatic heterocycles. The number of hydrogen-bond donors (Lipinski definition) is 1. The molecule has 23 heavy (non-hydrogen) atoms. The Labute approximate surface area is 133 Å². The van der Waals surface area contributed by atoms with E-state index >= 15 is 0 Å². The predicted octanol–water partition coefficient (Wildman–Crippen LogP) is 2.68. The zero-order chi connectivity index (χ0) is 16.4. The van der Waals surface area contributed by atoms with Gasteiger partial charge >= 0.3 is 5.97 Å². The van der Waals surface area contributed by atoms with E-state index in [2.05, 4.69) is 10.1 Å². The van der Waals surface area contributed by atoms with E-state index in [1.165, 1.54) is 10.6 Å². The van der Waals surface area contributed by atoms with Crippen molar-refractivity contribution in [3.63, 3.8) is 0 Å². The van der Waals surface area contributed by atoms with E-state index in [9.17, 15) is 14.3 Å². The Morgan fingerprint density at radius 3 is 2.83 bits per heavy atom. The molecule has 1 aliphatic carbocycles. The van der Waals surface area contributed by atoms with E-state index in [4.69, 9.17) is 4.74 Å². The van der Waals surface area contributed by atoms with Crippen LogP contribution in [-0.4, -0.2) is 38.5 Å². The molecule has 0 saturated heterocycles. The third-order valence-corrected chi connectivity index (χ3v) is 4.22. The molecule has 0 spiro atoms. The summed E-state index contributed by atoms with van der Waals surface area (Å²) in [5.41, 5.74) is 1.25. The molecule has 0 atom stereocenters. The first-order valence-corrected chi connectivity index (χ1v) is 7.96. The minimum atomic E-state index is -0.683. The number of halogens is 1. The van der Waals surface area contributed by atoms with Crippen LogP contribution in [0.2, 0.25) is 0 Å². The second kappa shape index (κ2) is 6.52. The van der Waals surface area contributed by atoms with E-state index < -0.39 is 12.1 Å². The Hall–Kier alpha value is -2.18. The fourth-order valence-corrected chi connectivity index (χ4v) is 3.04. The highest BCUT2D eigenvalue weighted by Crippen LogP contribution is 2.29. The first kappa shape index (κ1) is 15.7. The smallest absolute Gasteiger partial charge is 0.358 e. The molecule has 0 radical (unpaired) electrons. The maximum absolute atomic E-state index is 13.2. The molecule has 2 heterocycles. The van der Waals surface area contributed by atoms with E-state index in [0.717, 1.165) is 18.5 Å². The quantitative estimate of drug-likeness (QED) is 0.876. The van der Waals surface area contributed by atoms with Crippen LogP contribution in [0.1, 0.15) is 48.8 Å². The summed E-state index contributed by atoms with van der Waals surface area (Å²) >= 11 is 0. The maximum atomic E-state index is 13.2. The van der Waals surface area contributed by atoms with Crippen molar-refractivity contribution in [1.82, 2.24) is 14.6 Å². The van der Waals surface area contributed by atoms with Crippen molar-refractivity contribution in [3.8, 4) is 5.88 Å². The first-order valence-electron chi connectivity index (χ1n) is 7.96. The van der Waals surface area contributed by atoms with Crippen molar-refractivity contribution in [3.05, 3.63) is 23.5 Å². The highest BCUT2D eigenvalue weighted by molar-refractivity contribution is 5.88. The summed E-state index contributed by atoms with van der Waals surface area (Å²) in [6.45, 7) is 1.97. The van der Waals surface area contributed by atoms with Crippen molar-refractivity contribution in [2.24, 2.45) is 5.92 Å². The minimum Gasteiger partial charge on any atom is -0.493 e. The van der Waals surface area contributed by atoms with Crippen LogP contribution in [0.5, 0.6) is 5.88 Å². The van der Waals surface area contributed by atoms with E-state index in [0.29, 0.717) is 30.8 Å². The first-order chi connectivity index (χ1) is 11.1. The van der Waals surface area contributed by atoms with Crippen LogP contribution < -0.4 is 0 Å². The van der Waals surface area contributed by atoms with Crippen molar-refractivity contribution in [2.45, 2.75) is 45.2 Å². The second-order valence-corrected chi connectivity index (χ2v) is 5.95. The lowest BCUT2D eigenvalue weighted by atomic mass is 9.85. The zero-order valence-corrected chi connectivity index (χ0v) is 13.0. The third kappa shape index (κ3) is 3.43. The number of aromatic hydroxyl groups is 1. The summed E-state index contributed by atoms with van der Waals surface area (Å²) < 4.78 is 19.3. The maximum Gasteiger partial charge on any atom is 0.358 e. The molecule has 0 aromatic carbocycles. The van der Waals surface area contributed by atoms with Crippen molar-refractivity contribution in [1.29, 1.82) is 0 Å². The van der Waals surface area contributed by atoms with Crippen LogP contribution in [0.15, 0.2) is 12.1 Å². The fourth-order valence-electron chi connectivity index (χ4n) is 3.04. The number of aromatic nitrogens is 3. The molecule has 1 aliphatic rings. The number of hydrogen-bond acceptors (Lipinski definition) is 5. The average Bonchev–Trinajstić information content (AvgIpc) is 2.95. The summed E-state index contributed by atoms with van der Waals surface area (Å²) in [5, 5.41) is 14.1. The number of fused-ring (bicyclic) bond motifs is 1. The molecule has 3 rings (SSSR count). The molecule has 124 valence electrons. The highest BCUT2D eigenvalue weighted by atomic mass is 19.1. The van der Waals surface area contributed by atoms with Gasteiger partial charge in [-0.1, -0.05) is 0 Å². The monoisotopic (exact) mass is 321 g/mol. The zero-order valence-electron chi connectivity index (χ0n) is 13.0. The van der Waals surface area contributed by atoms with E-state index in [-0.39, 0.29) is 18.2 Å². The Kier molecular flexibility index (Phi) is 4.45. The number of alkyl halides is 1. The number of carbonyl (C=O) groups excluding carboxylic acids is 1. The van der Waals surface area contributed by atoms with Crippen LogP contribution in [0.4, 0.5) is 4.39 Å². The van der Waals surface area contributed by atoms with Gasteiger partial charge in [0.1, 0.15) is 6.17 Å². The van der Waals surface area contributed by atoms with Gasteiger partial charge < -0.3 is 9.84 Å². The SMILES string of the molecule is CCOC(=O)c1cc2nc(CC3CCC(F)CC3)cc(O)n2n1. The average molecular weight is 321 g/mol. The van der Waals surface area contributed by atoms with Gasteiger partial charge in [0.15, 0.2) is 11.3 Å². The Bertz CT molecular complexity index is 708. The number of nitrogens with zero attached hydrogens (tertiary/aromatic N) is 3. The van der Waals surface area contributed by atoms with Crippen molar-refractivity contribution < 1.29 is 19.0 Å². The fraction of sp³-hybridized carbons (Fsp3) is 0.562. The standard InChI is InChI=1S/C16H20FN3O3/c1-2-23-16(22)13-9-14-18-12(8-15(21)20(14)19-13)7-10-3-5-11(17)6-4-10/h8-11,21H,2-7H2,1H3. The van der Waals surface area contributed by atoms with Gasteiger partial charge in [0.05, 0.1) is 6.61 Å². The van der Waals surface area contributed by atoms with Gasteiger partial charge in [0.2, 0.25) is 5.88 Å². The van der Waals surface area contributed by atoms with Gasteiger partial charge in [-0.3, -0.25) is 0 Å². The van der Waals surface area contributed by atoms with Gasteiger partial charge in [0.25, 0.3) is 0 Å². The summed E-state index contributed by atoms with van der Waals surface area (Å²) in [4.78, 5) is 16.2. The van der Waals surface area contributed by atoms with Gasteiger partial charge in [-0.2, -0.15) is 9.61 Å². The lowest BCUT2D eigenvalue weighted by Gasteiger charge is -2.23. The van der Waals surface area contributed by atoms with Gasteiger partial charge in [-0.15, -0.1) is 0 Å². The van der Waals surface area contributed by atoms with Crippen LogP contribution in [0.25, 0.3) is 5.65 Å². The summed E-state index contributed by atoms with van der Waals surface area (Å²) in [5.74, 6) is -0.233. The molecule has 6 nitrogen and oxygen atoms in total. The number of rotatable bonds is 4. The van der Waals surface area contributed by atoms with Crippen LogP contribution in [-0.2, 0) is 11.2 Å². The predicted molar refractivity (Wildman–Crippen MR) is 81.2 cm³/mol. The second-order valence-electron chi connectivity index (χ2n) is 5.95. The summed E-state index contributed by atoms with van der Waals surface area (Å²) in [6, 6.07) is 3.05. The molecule has 1 saturated carbocycles. The lowest BCUT2D eigenvalue weighted by molar-refractivity contribution is 0.0519. The Morgan fingerprint density at radius 2 is 2.13 bits per heavy atom. The summed E-state index contributed by atoms with van der Waals surface area (Å²) in [6.07, 6.45) is 2.87. The van der Waals surface area contributed by atoms with Crippen LogP contribution in [0.3, 0.4) is 0 Å². The molecule has 2 aromatic heterocycles. The lowest BCUT2D eigenvalue weighted by Crippen LogP contribution is -2.17. The van der Waals surface area contributed by atoms with Crippen molar-refractivity contribution in [2.75, 3.05) is 6.61 Å². The molecule has 0 unspecified atom stereocenters. The van der Waals surface area contributed by atoms with Crippen LogP contribution >= 0.6 is 0 Å². The molecular formula is C16H20FN3O3. The Morgan fingerprint density at radius 1 is 1.39 bits per heavy atom.